The Hall–Kier alpha value is -1.11. The van der Waals surface area contributed by atoms with Crippen LogP contribution in [0.3, 0.4) is 0 Å². The third-order valence-electron chi connectivity index (χ3n) is 3.50. The van der Waals surface area contributed by atoms with Crippen molar-refractivity contribution in [2.75, 3.05) is 25.5 Å². The first-order valence-electron chi connectivity index (χ1n) is 6.84. The van der Waals surface area contributed by atoms with Gasteiger partial charge in [0.15, 0.2) is 0 Å². The third-order valence-corrected chi connectivity index (χ3v) is 5.02. The van der Waals surface area contributed by atoms with Gasteiger partial charge in [0.25, 0.3) is 0 Å². The first-order chi connectivity index (χ1) is 9.40. The average Bonchev–Trinajstić information content (AvgIpc) is 3.17. The largest absolute Gasteiger partial charge is 0.398 e. The van der Waals surface area contributed by atoms with E-state index < -0.39 is 10.0 Å². The van der Waals surface area contributed by atoms with Gasteiger partial charge in [0.05, 0.1) is 12.3 Å². The van der Waals surface area contributed by atoms with Crippen LogP contribution in [0.25, 0.3) is 0 Å². The SMILES string of the molecule is Cc1cc(N)c(S(=O)(=O)NCCOCC2CC2)cc1C. The molecule has 0 spiro atoms. The molecule has 20 heavy (non-hydrogen) atoms. The fourth-order valence-corrected chi connectivity index (χ4v) is 3.11. The molecule has 0 heterocycles. The molecule has 1 saturated carbocycles. The fourth-order valence-electron chi connectivity index (χ4n) is 1.91. The number of ether oxygens (including phenoxy) is 1. The van der Waals surface area contributed by atoms with Crippen LogP contribution in [0.4, 0.5) is 5.69 Å². The van der Waals surface area contributed by atoms with E-state index in [4.69, 9.17) is 10.5 Å². The molecule has 3 N–H and O–H groups in total. The van der Waals surface area contributed by atoms with Gasteiger partial charge in [-0.05, 0) is 55.9 Å². The van der Waals surface area contributed by atoms with E-state index >= 15 is 0 Å². The summed E-state index contributed by atoms with van der Waals surface area (Å²) in [6, 6.07) is 3.30. The van der Waals surface area contributed by atoms with Gasteiger partial charge < -0.3 is 10.5 Å². The Balaban J connectivity index is 1.93. The van der Waals surface area contributed by atoms with Crippen LogP contribution >= 0.6 is 0 Å². The number of sulfonamides is 1. The second kappa shape index (κ2) is 6.11. The third kappa shape index (κ3) is 3.94. The van der Waals surface area contributed by atoms with Crippen molar-refractivity contribution in [3.63, 3.8) is 0 Å². The topological polar surface area (TPSA) is 81.4 Å². The van der Waals surface area contributed by atoms with Crippen molar-refractivity contribution < 1.29 is 13.2 Å². The second-order valence-electron chi connectivity index (χ2n) is 5.39. The lowest BCUT2D eigenvalue weighted by atomic mass is 10.1. The van der Waals surface area contributed by atoms with Gasteiger partial charge in [0.1, 0.15) is 4.90 Å². The molecule has 0 radical (unpaired) electrons. The number of nitrogens with two attached hydrogens (primary N) is 1. The minimum absolute atomic E-state index is 0.141. The first kappa shape index (κ1) is 15.3. The molecule has 0 aliphatic heterocycles. The van der Waals surface area contributed by atoms with Crippen LogP contribution in [0.15, 0.2) is 17.0 Å². The second-order valence-corrected chi connectivity index (χ2v) is 7.13. The maximum absolute atomic E-state index is 12.2. The van der Waals surface area contributed by atoms with Crippen molar-refractivity contribution in [2.45, 2.75) is 31.6 Å². The Morgan fingerprint density at radius 3 is 2.60 bits per heavy atom. The van der Waals surface area contributed by atoms with E-state index in [9.17, 15) is 8.42 Å². The van der Waals surface area contributed by atoms with Gasteiger partial charge in [0, 0.05) is 13.2 Å². The van der Waals surface area contributed by atoms with Crippen molar-refractivity contribution in [1.82, 2.24) is 4.72 Å². The molecule has 5 nitrogen and oxygen atoms in total. The van der Waals surface area contributed by atoms with E-state index in [1.165, 1.54) is 12.8 Å². The maximum atomic E-state index is 12.2. The quantitative estimate of drug-likeness (QED) is 0.591. The standard InChI is InChI=1S/C14H22N2O3S/c1-10-7-13(15)14(8-11(10)2)20(17,18)16-5-6-19-9-12-3-4-12/h7-8,12,16H,3-6,9,15H2,1-2H3. The molecule has 112 valence electrons. The van der Waals surface area contributed by atoms with Crippen molar-refractivity contribution in [3.8, 4) is 0 Å². The Bertz CT molecular complexity index is 580. The number of rotatable bonds is 7. The average molecular weight is 298 g/mol. The zero-order valence-corrected chi connectivity index (χ0v) is 12.8. The number of hydrogen-bond acceptors (Lipinski definition) is 4. The zero-order valence-electron chi connectivity index (χ0n) is 12.0. The van der Waals surface area contributed by atoms with Gasteiger partial charge >= 0.3 is 0 Å². The van der Waals surface area contributed by atoms with Crippen LogP contribution < -0.4 is 10.5 Å². The van der Waals surface area contributed by atoms with Crippen LogP contribution in [-0.4, -0.2) is 28.2 Å². The number of benzene rings is 1. The van der Waals surface area contributed by atoms with Gasteiger partial charge in [0.2, 0.25) is 10.0 Å². The van der Waals surface area contributed by atoms with Crippen LogP contribution in [0.1, 0.15) is 24.0 Å². The Labute approximate surface area is 120 Å². The Morgan fingerprint density at radius 2 is 1.95 bits per heavy atom. The molecule has 0 atom stereocenters. The highest BCUT2D eigenvalue weighted by Crippen LogP contribution is 2.28. The maximum Gasteiger partial charge on any atom is 0.242 e. The summed E-state index contributed by atoms with van der Waals surface area (Å²) in [5, 5.41) is 0. The number of hydrogen-bond donors (Lipinski definition) is 2. The van der Waals surface area contributed by atoms with Gasteiger partial charge in [-0.2, -0.15) is 0 Å². The van der Waals surface area contributed by atoms with Gasteiger partial charge in [-0.1, -0.05) is 0 Å². The highest BCUT2D eigenvalue weighted by molar-refractivity contribution is 7.89. The van der Waals surface area contributed by atoms with E-state index in [1.54, 1.807) is 12.1 Å². The predicted molar refractivity (Wildman–Crippen MR) is 79.1 cm³/mol. The summed E-state index contributed by atoms with van der Waals surface area (Å²) < 4.78 is 32.3. The van der Waals surface area contributed by atoms with E-state index in [-0.39, 0.29) is 17.1 Å². The van der Waals surface area contributed by atoms with Crippen LogP contribution in [0.2, 0.25) is 0 Å². The summed E-state index contributed by atoms with van der Waals surface area (Å²) in [6.07, 6.45) is 2.45. The zero-order chi connectivity index (χ0) is 14.8. The van der Waals surface area contributed by atoms with E-state index in [2.05, 4.69) is 4.72 Å². The Kier molecular flexibility index (Phi) is 4.67. The minimum Gasteiger partial charge on any atom is -0.398 e. The molecule has 0 amide bonds. The summed E-state index contributed by atoms with van der Waals surface area (Å²) in [4.78, 5) is 0.141. The van der Waals surface area contributed by atoms with Gasteiger partial charge in [-0.25, -0.2) is 13.1 Å². The number of nitrogen functional groups attached to an aromatic ring is 1. The van der Waals surface area contributed by atoms with E-state index in [1.807, 2.05) is 13.8 Å². The molecule has 0 saturated heterocycles. The molecular weight excluding hydrogens is 276 g/mol. The fraction of sp³-hybridized carbons (Fsp3) is 0.571. The van der Waals surface area contributed by atoms with E-state index in [0.29, 0.717) is 12.5 Å². The highest BCUT2D eigenvalue weighted by atomic mass is 32.2. The summed E-state index contributed by atoms with van der Waals surface area (Å²) in [5.41, 5.74) is 7.97. The van der Waals surface area contributed by atoms with Crippen molar-refractivity contribution in [3.05, 3.63) is 23.3 Å². The van der Waals surface area contributed by atoms with Crippen molar-refractivity contribution in [1.29, 1.82) is 0 Å². The highest BCUT2D eigenvalue weighted by Gasteiger charge is 2.21. The Morgan fingerprint density at radius 1 is 1.30 bits per heavy atom. The molecule has 1 aliphatic carbocycles. The van der Waals surface area contributed by atoms with Crippen LogP contribution in [-0.2, 0) is 14.8 Å². The summed E-state index contributed by atoms with van der Waals surface area (Å²) in [5.74, 6) is 0.682. The lowest BCUT2D eigenvalue weighted by Gasteiger charge is -2.11. The normalized spacial score (nSPS) is 15.5. The molecule has 1 aromatic carbocycles. The lowest BCUT2D eigenvalue weighted by Crippen LogP contribution is -2.28. The van der Waals surface area contributed by atoms with Crippen LogP contribution in [0.5, 0.6) is 0 Å². The molecule has 1 aromatic rings. The minimum atomic E-state index is -3.57. The molecular formula is C14H22N2O3S. The molecule has 1 fully saturated rings. The molecule has 6 heteroatoms. The number of aryl methyl sites for hydroxylation is 2. The predicted octanol–water partition coefficient (Wildman–Crippen LogP) is 1.59. The molecule has 0 aromatic heterocycles. The summed E-state index contributed by atoms with van der Waals surface area (Å²) in [7, 11) is -3.57. The molecule has 1 aliphatic rings. The number of nitrogens with one attached hydrogen (secondary N) is 1. The summed E-state index contributed by atoms with van der Waals surface area (Å²) in [6.45, 7) is 5.16. The molecule has 0 bridgehead atoms. The first-order valence-corrected chi connectivity index (χ1v) is 8.32. The lowest BCUT2D eigenvalue weighted by molar-refractivity contribution is 0.129. The van der Waals surface area contributed by atoms with Gasteiger partial charge in [-0.15, -0.1) is 0 Å². The monoisotopic (exact) mass is 298 g/mol. The summed E-state index contributed by atoms with van der Waals surface area (Å²) >= 11 is 0. The van der Waals surface area contributed by atoms with E-state index in [0.717, 1.165) is 17.7 Å². The van der Waals surface area contributed by atoms with Gasteiger partial charge in [-0.3, -0.25) is 0 Å². The molecule has 2 rings (SSSR count). The van der Waals surface area contributed by atoms with Crippen LogP contribution in [0, 0.1) is 19.8 Å². The van der Waals surface area contributed by atoms with Crippen molar-refractivity contribution in [2.24, 2.45) is 5.92 Å². The molecule has 0 unspecified atom stereocenters. The van der Waals surface area contributed by atoms with Crippen molar-refractivity contribution >= 4 is 15.7 Å². The smallest absolute Gasteiger partial charge is 0.242 e. The number of anilines is 1.